The van der Waals surface area contributed by atoms with Crippen LogP contribution in [0.4, 0.5) is 10.1 Å². The molecule has 0 aromatic heterocycles. The van der Waals surface area contributed by atoms with Crippen molar-refractivity contribution in [2.75, 3.05) is 42.6 Å². The predicted octanol–water partition coefficient (Wildman–Crippen LogP) is 3.07. The van der Waals surface area contributed by atoms with Gasteiger partial charge in [0, 0.05) is 31.9 Å². The predicted molar refractivity (Wildman–Crippen MR) is 111 cm³/mol. The standard InChI is InChI=1S/C20H25FN2O2S2/c21-19-6-8-20(9-7-19)22-10-12-23(13-11-22)27(24,25)16-18(15-26)14-17-4-2-1-3-5-17/h1-9,18,26H,10-16H2. The highest BCUT2D eigenvalue weighted by molar-refractivity contribution is 7.89. The third-order valence-electron chi connectivity index (χ3n) is 4.90. The van der Waals surface area contributed by atoms with Crippen molar-refractivity contribution in [2.45, 2.75) is 6.42 Å². The van der Waals surface area contributed by atoms with E-state index in [0.29, 0.717) is 38.4 Å². The highest BCUT2D eigenvalue weighted by Gasteiger charge is 2.29. The van der Waals surface area contributed by atoms with E-state index in [0.717, 1.165) is 11.3 Å². The zero-order valence-corrected chi connectivity index (χ0v) is 16.9. The quantitative estimate of drug-likeness (QED) is 0.716. The third kappa shape index (κ3) is 5.46. The zero-order chi connectivity index (χ0) is 19.3. The molecule has 1 aliphatic heterocycles. The van der Waals surface area contributed by atoms with Gasteiger partial charge in [-0.25, -0.2) is 12.8 Å². The van der Waals surface area contributed by atoms with Crippen LogP contribution >= 0.6 is 12.6 Å². The van der Waals surface area contributed by atoms with E-state index in [-0.39, 0.29) is 17.5 Å². The maximum absolute atomic E-state index is 13.1. The van der Waals surface area contributed by atoms with Gasteiger partial charge in [0.25, 0.3) is 0 Å². The van der Waals surface area contributed by atoms with Crippen molar-refractivity contribution in [1.29, 1.82) is 0 Å². The summed E-state index contributed by atoms with van der Waals surface area (Å²) in [5.41, 5.74) is 2.05. The first-order valence-corrected chi connectivity index (χ1v) is 11.4. The van der Waals surface area contributed by atoms with Gasteiger partial charge in [0.1, 0.15) is 5.82 Å². The summed E-state index contributed by atoms with van der Waals surface area (Å²) in [6.45, 7) is 2.11. The van der Waals surface area contributed by atoms with E-state index >= 15 is 0 Å². The summed E-state index contributed by atoms with van der Waals surface area (Å²) in [4.78, 5) is 2.09. The zero-order valence-electron chi connectivity index (χ0n) is 15.2. The number of thiol groups is 1. The minimum Gasteiger partial charge on any atom is -0.369 e. The molecule has 1 aliphatic rings. The maximum Gasteiger partial charge on any atom is 0.214 e. The van der Waals surface area contributed by atoms with Gasteiger partial charge in [0.2, 0.25) is 10.0 Å². The molecule has 27 heavy (non-hydrogen) atoms. The number of halogens is 1. The summed E-state index contributed by atoms with van der Waals surface area (Å²) >= 11 is 4.37. The van der Waals surface area contributed by atoms with Crippen molar-refractivity contribution in [1.82, 2.24) is 4.31 Å². The molecule has 7 heteroatoms. The Kier molecular flexibility index (Phi) is 6.78. The van der Waals surface area contributed by atoms with Crippen LogP contribution in [0.1, 0.15) is 5.56 Å². The first kappa shape index (κ1) is 20.2. The lowest BCUT2D eigenvalue weighted by molar-refractivity contribution is 0.381. The van der Waals surface area contributed by atoms with Gasteiger partial charge in [-0.2, -0.15) is 16.9 Å². The molecule has 0 aliphatic carbocycles. The van der Waals surface area contributed by atoms with E-state index in [2.05, 4.69) is 17.5 Å². The molecule has 146 valence electrons. The molecular weight excluding hydrogens is 383 g/mol. The number of hydrogen-bond acceptors (Lipinski definition) is 4. The average molecular weight is 409 g/mol. The summed E-state index contributed by atoms with van der Waals surface area (Å²) in [5, 5.41) is 0. The van der Waals surface area contributed by atoms with Gasteiger partial charge < -0.3 is 4.90 Å². The van der Waals surface area contributed by atoms with Crippen molar-refractivity contribution in [2.24, 2.45) is 5.92 Å². The Labute approximate surface area is 166 Å². The Hall–Kier alpha value is -1.57. The fraction of sp³-hybridized carbons (Fsp3) is 0.400. The van der Waals surface area contributed by atoms with Gasteiger partial charge in [-0.05, 0) is 47.9 Å². The molecular formula is C20H25FN2O2S2. The lowest BCUT2D eigenvalue weighted by Gasteiger charge is -2.36. The molecule has 4 nitrogen and oxygen atoms in total. The molecule has 3 rings (SSSR count). The van der Waals surface area contributed by atoms with E-state index in [9.17, 15) is 12.8 Å². The molecule has 1 atom stereocenters. The second kappa shape index (κ2) is 9.08. The third-order valence-corrected chi connectivity index (χ3v) is 7.46. The Morgan fingerprint density at radius 3 is 2.19 bits per heavy atom. The molecule has 2 aromatic rings. The topological polar surface area (TPSA) is 40.6 Å². The van der Waals surface area contributed by atoms with E-state index in [1.807, 2.05) is 30.3 Å². The number of piperazine rings is 1. The molecule has 1 heterocycles. The minimum absolute atomic E-state index is 0.0177. The molecule has 1 unspecified atom stereocenters. The van der Waals surface area contributed by atoms with Crippen LogP contribution in [0.2, 0.25) is 0 Å². The number of sulfonamides is 1. The summed E-state index contributed by atoms with van der Waals surface area (Å²) in [7, 11) is -3.33. The van der Waals surface area contributed by atoms with Crippen LogP contribution in [0.25, 0.3) is 0 Å². The molecule has 1 fully saturated rings. The first-order chi connectivity index (χ1) is 13.0. The summed E-state index contributed by atoms with van der Waals surface area (Å²) in [6.07, 6.45) is 0.707. The number of nitrogens with zero attached hydrogens (tertiary/aromatic N) is 2. The lowest BCUT2D eigenvalue weighted by atomic mass is 10.0. The summed E-state index contributed by atoms with van der Waals surface area (Å²) < 4.78 is 40.4. The van der Waals surface area contributed by atoms with Gasteiger partial charge in [-0.1, -0.05) is 30.3 Å². The molecule has 0 bridgehead atoms. The Morgan fingerprint density at radius 1 is 0.963 bits per heavy atom. The lowest BCUT2D eigenvalue weighted by Crippen LogP contribution is -2.50. The normalized spacial score (nSPS) is 17.0. The first-order valence-electron chi connectivity index (χ1n) is 9.11. The van der Waals surface area contributed by atoms with Crippen LogP contribution in [0.5, 0.6) is 0 Å². The number of hydrogen-bond donors (Lipinski definition) is 1. The molecule has 0 N–H and O–H groups in total. The summed E-state index contributed by atoms with van der Waals surface area (Å²) in [5.74, 6) is 0.359. The fourth-order valence-electron chi connectivity index (χ4n) is 3.40. The molecule has 2 aromatic carbocycles. The van der Waals surface area contributed by atoms with Gasteiger partial charge >= 0.3 is 0 Å². The Morgan fingerprint density at radius 2 is 1.59 bits per heavy atom. The van der Waals surface area contributed by atoms with Crippen molar-refractivity contribution in [3.63, 3.8) is 0 Å². The maximum atomic E-state index is 13.1. The van der Waals surface area contributed by atoms with Crippen LogP contribution < -0.4 is 4.90 Å². The van der Waals surface area contributed by atoms with Crippen molar-refractivity contribution < 1.29 is 12.8 Å². The van der Waals surface area contributed by atoms with E-state index in [1.165, 1.54) is 12.1 Å². The minimum atomic E-state index is -3.33. The molecule has 0 spiro atoms. The number of anilines is 1. The van der Waals surface area contributed by atoms with Crippen LogP contribution in [0.15, 0.2) is 54.6 Å². The van der Waals surface area contributed by atoms with Crippen LogP contribution in [-0.2, 0) is 16.4 Å². The largest absolute Gasteiger partial charge is 0.369 e. The number of benzene rings is 2. The molecule has 0 radical (unpaired) electrons. The highest BCUT2D eigenvalue weighted by atomic mass is 32.2. The van der Waals surface area contributed by atoms with E-state index in [4.69, 9.17) is 0 Å². The molecule has 1 saturated heterocycles. The fourth-order valence-corrected chi connectivity index (χ4v) is 5.60. The van der Waals surface area contributed by atoms with Crippen LogP contribution in [-0.4, -0.2) is 50.4 Å². The van der Waals surface area contributed by atoms with E-state index in [1.54, 1.807) is 16.4 Å². The van der Waals surface area contributed by atoms with E-state index < -0.39 is 10.0 Å². The average Bonchev–Trinajstić information content (AvgIpc) is 2.69. The highest BCUT2D eigenvalue weighted by Crippen LogP contribution is 2.20. The Balaban J connectivity index is 1.58. The van der Waals surface area contributed by atoms with Crippen molar-refractivity contribution in [3.8, 4) is 0 Å². The molecule has 0 saturated carbocycles. The van der Waals surface area contributed by atoms with Gasteiger partial charge in [0.05, 0.1) is 5.75 Å². The van der Waals surface area contributed by atoms with Crippen LogP contribution in [0.3, 0.4) is 0 Å². The second-order valence-electron chi connectivity index (χ2n) is 6.88. The van der Waals surface area contributed by atoms with Gasteiger partial charge in [-0.3, -0.25) is 0 Å². The number of rotatable bonds is 7. The smallest absolute Gasteiger partial charge is 0.214 e. The van der Waals surface area contributed by atoms with Crippen molar-refractivity contribution in [3.05, 3.63) is 66.0 Å². The van der Waals surface area contributed by atoms with Crippen molar-refractivity contribution >= 4 is 28.3 Å². The second-order valence-corrected chi connectivity index (χ2v) is 9.26. The molecule has 0 amide bonds. The van der Waals surface area contributed by atoms with Gasteiger partial charge in [-0.15, -0.1) is 0 Å². The monoisotopic (exact) mass is 408 g/mol. The summed E-state index contributed by atoms with van der Waals surface area (Å²) in [6, 6.07) is 16.2. The Bertz CT molecular complexity index is 821. The van der Waals surface area contributed by atoms with Gasteiger partial charge in [0.15, 0.2) is 0 Å². The van der Waals surface area contributed by atoms with Crippen LogP contribution in [0, 0.1) is 11.7 Å². The SMILES string of the molecule is O=S(=O)(CC(CS)Cc1ccccc1)N1CCN(c2ccc(F)cc2)CC1.